The van der Waals surface area contributed by atoms with Crippen LogP contribution in [0.4, 0.5) is 5.69 Å². The molecule has 0 aliphatic rings. The average molecular weight is 487 g/mol. The first-order chi connectivity index (χ1) is 15.2. The Morgan fingerprint density at radius 2 is 1.66 bits per heavy atom. The summed E-state index contributed by atoms with van der Waals surface area (Å²) < 4.78 is 30.2. The van der Waals surface area contributed by atoms with E-state index in [0.29, 0.717) is 5.56 Å². The standard InChI is InChI=1S/C23H16Cl2N2O4S/c1-15-8-10-19(11-9-15)32(29,30)31-18-5-2-4-16(13-18)12-17(14-26)23(28)27-22-20(24)6-3-7-21(22)25/h2-13H,1H3,(H,27,28)/b17-12+. The third-order valence-electron chi connectivity index (χ3n) is 4.25. The van der Waals surface area contributed by atoms with E-state index in [1.165, 1.54) is 30.3 Å². The molecule has 3 aromatic carbocycles. The smallest absolute Gasteiger partial charge is 0.339 e. The lowest BCUT2D eigenvalue weighted by molar-refractivity contribution is -0.112. The van der Waals surface area contributed by atoms with Crippen molar-refractivity contribution in [2.75, 3.05) is 5.32 Å². The lowest BCUT2D eigenvalue weighted by Gasteiger charge is -2.09. The highest BCUT2D eigenvalue weighted by atomic mass is 35.5. The summed E-state index contributed by atoms with van der Waals surface area (Å²) in [4.78, 5) is 12.5. The first-order valence-electron chi connectivity index (χ1n) is 9.18. The molecule has 0 aliphatic heterocycles. The second kappa shape index (κ2) is 9.88. The normalized spacial score (nSPS) is 11.5. The van der Waals surface area contributed by atoms with Crippen LogP contribution in [0.2, 0.25) is 10.0 Å². The van der Waals surface area contributed by atoms with Gasteiger partial charge in [0.05, 0.1) is 15.7 Å². The Hall–Kier alpha value is -3.31. The fourth-order valence-corrected chi connectivity index (χ4v) is 4.06. The maximum Gasteiger partial charge on any atom is 0.339 e. The molecular formula is C23H16Cl2N2O4S. The number of aryl methyl sites for hydroxylation is 1. The number of nitrogens with zero attached hydrogens (tertiary/aromatic N) is 1. The molecule has 32 heavy (non-hydrogen) atoms. The topological polar surface area (TPSA) is 96.3 Å². The summed E-state index contributed by atoms with van der Waals surface area (Å²) in [5.41, 5.74) is 1.25. The number of anilines is 1. The largest absolute Gasteiger partial charge is 0.379 e. The third-order valence-corrected chi connectivity index (χ3v) is 6.14. The number of hydrogen-bond acceptors (Lipinski definition) is 5. The summed E-state index contributed by atoms with van der Waals surface area (Å²) in [6.07, 6.45) is 1.30. The fraction of sp³-hybridized carbons (Fsp3) is 0.0435. The zero-order chi connectivity index (χ0) is 23.3. The van der Waals surface area contributed by atoms with E-state index in [9.17, 15) is 18.5 Å². The minimum atomic E-state index is -4.04. The number of nitrogens with one attached hydrogen (secondary N) is 1. The number of carbonyl (C=O) groups is 1. The lowest BCUT2D eigenvalue weighted by atomic mass is 10.1. The van der Waals surface area contributed by atoms with Gasteiger partial charge in [0.25, 0.3) is 5.91 Å². The molecule has 1 N–H and O–H groups in total. The number of carbonyl (C=O) groups excluding carboxylic acids is 1. The van der Waals surface area contributed by atoms with Crippen LogP contribution in [0.25, 0.3) is 6.08 Å². The van der Waals surface area contributed by atoms with Crippen LogP contribution in [-0.2, 0) is 14.9 Å². The molecular weight excluding hydrogens is 471 g/mol. The summed E-state index contributed by atoms with van der Waals surface area (Å²) in [5, 5.41) is 12.4. The van der Waals surface area contributed by atoms with E-state index < -0.39 is 16.0 Å². The summed E-state index contributed by atoms with van der Waals surface area (Å²) in [6.45, 7) is 1.84. The first kappa shape index (κ1) is 23.4. The third kappa shape index (κ3) is 5.68. The van der Waals surface area contributed by atoms with E-state index in [-0.39, 0.29) is 32.0 Å². The van der Waals surface area contributed by atoms with Gasteiger partial charge in [-0.25, -0.2) is 0 Å². The van der Waals surface area contributed by atoms with Crippen LogP contribution in [0.15, 0.2) is 77.2 Å². The van der Waals surface area contributed by atoms with E-state index >= 15 is 0 Å². The molecule has 6 nitrogen and oxygen atoms in total. The Balaban J connectivity index is 1.83. The van der Waals surface area contributed by atoms with Crippen LogP contribution in [-0.4, -0.2) is 14.3 Å². The molecule has 3 aromatic rings. The highest BCUT2D eigenvalue weighted by Crippen LogP contribution is 2.30. The molecule has 0 atom stereocenters. The van der Waals surface area contributed by atoms with E-state index in [1.807, 2.05) is 13.0 Å². The number of nitriles is 1. The number of halogens is 2. The van der Waals surface area contributed by atoms with Crippen molar-refractivity contribution in [3.63, 3.8) is 0 Å². The zero-order valence-electron chi connectivity index (χ0n) is 16.7. The van der Waals surface area contributed by atoms with Gasteiger partial charge in [-0.1, -0.05) is 59.1 Å². The Kier molecular flexibility index (Phi) is 7.21. The SMILES string of the molecule is Cc1ccc(S(=O)(=O)Oc2cccc(/C=C(\C#N)C(=O)Nc3c(Cl)cccc3Cl)c2)cc1. The molecule has 0 unspecified atom stereocenters. The number of para-hydroxylation sites is 1. The molecule has 0 spiro atoms. The van der Waals surface area contributed by atoms with Gasteiger partial charge in [-0.3, -0.25) is 4.79 Å². The summed E-state index contributed by atoms with van der Waals surface area (Å²) in [5.74, 6) is -0.688. The van der Waals surface area contributed by atoms with Crippen molar-refractivity contribution in [2.45, 2.75) is 11.8 Å². The minimum absolute atomic E-state index is 0.0118. The van der Waals surface area contributed by atoms with Crippen molar-refractivity contribution < 1.29 is 17.4 Å². The average Bonchev–Trinajstić information content (AvgIpc) is 2.75. The number of hydrogen-bond donors (Lipinski definition) is 1. The predicted octanol–water partition coefficient (Wildman–Crippen LogP) is 5.62. The fourth-order valence-electron chi connectivity index (χ4n) is 2.65. The van der Waals surface area contributed by atoms with Gasteiger partial charge in [-0.05, 0) is 55.0 Å². The quantitative estimate of drug-likeness (QED) is 0.277. The van der Waals surface area contributed by atoms with E-state index in [0.717, 1.165) is 5.56 Å². The second-order valence-electron chi connectivity index (χ2n) is 6.64. The Morgan fingerprint density at radius 1 is 1.03 bits per heavy atom. The molecule has 162 valence electrons. The first-order valence-corrected chi connectivity index (χ1v) is 11.3. The number of amides is 1. The Morgan fingerprint density at radius 3 is 2.28 bits per heavy atom. The van der Waals surface area contributed by atoms with Crippen molar-refractivity contribution in [1.82, 2.24) is 0 Å². The van der Waals surface area contributed by atoms with Gasteiger partial charge >= 0.3 is 10.1 Å². The van der Waals surface area contributed by atoms with Crippen LogP contribution in [0, 0.1) is 18.3 Å². The van der Waals surface area contributed by atoms with Gasteiger partial charge in [0.1, 0.15) is 22.3 Å². The van der Waals surface area contributed by atoms with Gasteiger partial charge in [0.2, 0.25) is 0 Å². The lowest BCUT2D eigenvalue weighted by Crippen LogP contribution is -2.14. The van der Waals surface area contributed by atoms with Crippen LogP contribution < -0.4 is 9.50 Å². The molecule has 0 radical (unpaired) electrons. The van der Waals surface area contributed by atoms with Gasteiger partial charge < -0.3 is 9.50 Å². The summed E-state index contributed by atoms with van der Waals surface area (Å²) >= 11 is 12.1. The molecule has 1 amide bonds. The Bertz CT molecular complexity index is 1320. The monoisotopic (exact) mass is 486 g/mol. The highest BCUT2D eigenvalue weighted by Gasteiger charge is 2.17. The molecule has 0 saturated heterocycles. The van der Waals surface area contributed by atoms with Crippen LogP contribution in [0.5, 0.6) is 5.75 Å². The van der Waals surface area contributed by atoms with E-state index in [2.05, 4.69) is 5.32 Å². The van der Waals surface area contributed by atoms with Crippen molar-refractivity contribution in [3.8, 4) is 11.8 Å². The van der Waals surface area contributed by atoms with Crippen molar-refractivity contribution in [1.29, 1.82) is 5.26 Å². The van der Waals surface area contributed by atoms with E-state index in [4.69, 9.17) is 27.4 Å². The number of benzene rings is 3. The molecule has 0 heterocycles. The summed E-state index contributed by atoms with van der Waals surface area (Å²) in [7, 11) is -4.04. The minimum Gasteiger partial charge on any atom is -0.379 e. The molecule has 0 saturated carbocycles. The van der Waals surface area contributed by atoms with Crippen LogP contribution in [0.3, 0.4) is 0 Å². The van der Waals surface area contributed by atoms with E-state index in [1.54, 1.807) is 42.5 Å². The van der Waals surface area contributed by atoms with Crippen LogP contribution in [0.1, 0.15) is 11.1 Å². The Labute approximate surface area is 195 Å². The zero-order valence-corrected chi connectivity index (χ0v) is 19.0. The summed E-state index contributed by atoms with van der Waals surface area (Å²) in [6, 6.07) is 18.8. The highest BCUT2D eigenvalue weighted by molar-refractivity contribution is 7.87. The van der Waals surface area contributed by atoms with Crippen molar-refractivity contribution >= 4 is 51.0 Å². The van der Waals surface area contributed by atoms with Gasteiger partial charge in [0.15, 0.2) is 0 Å². The maximum absolute atomic E-state index is 12.5. The predicted molar refractivity (Wildman–Crippen MR) is 124 cm³/mol. The number of rotatable bonds is 6. The molecule has 9 heteroatoms. The molecule has 0 bridgehead atoms. The molecule has 0 aromatic heterocycles. The molecule has 0 fully saturated rings. The second-order valence-corrected chi connectivity index (χ2v) is 9.00. The van der Waals surface area contributed by atoms with Gasteiger partial charge in [0, 0.05) is 0 Å². The molecule has 3 rings (SSSR count). The van der Waals surface area contributed by atoms with Crippen LogP contribution >= 0.6 is 23.2 Å². The van der Waals surface area contributed by atoms with Gasteiger partial charge in [-0.15, -0.1) is 0 Å². The van der Waals surface area contributed by atoms with Crippen molar-refractivity contribution in [3.05, 3.63) is 93.5 Å². The van der Waals surface area contributed by atoms with Crippen molar-refractivity contribution in [2.24, 2.45) is 0 Å². The van der Waals surface area contributed by atoms with Gasteiger partial charge in [-0.2, -0.15) is 13.7 Å². The maximum atomic E-state index is 12.5. The molecule has 0 aliphatic carbocycles.